The Morgan fingerprint density at radius 3 is 2.62 bits per heavy atom. The number of nitrogens with one attached hydrogen (secondary N) is 1. The van der Waals surface area contributed by atoms with Gasteiger partial charge in [-0.1, -0.05) is 6.92 Å². The summed E-state index contributed by atoms with van der Waals surface area (Å²) in [6, 6.07) is 0. The molecular formula is C7H14NO4P. The summed E-state index contributed by atoms with van der Waals surface area (Å²) in [6.07, 6.45) is -0.677. The van der Waals surface area contributed by atoms with Crippen molar-refractivity contribution in [2.75, 3.05) is 6.61 Å². The van der Waals surface area contributed by atoms with Gasteiger partial charge in [0.2, 0.25) is 0 Å². The van der Waals surface area contributed by atoms with Crippen molar-refractivity contribution in [1.82, 2.24) is 5.09 Å². The molecule has 0 aromatic rings. The van der Waals surface area contributed by atoms with Crippen LogP contribution >= 0.6 is 9.39 Å². The fraction of sp³-hybridized carbons (Fsp3) is 0.714. The number of rotatable bonds is 4. The van der Waals surface area contributed by atoms with E-state index in [1.807, 2.05) is 9.39 Å². The first kappa shape index (κ1) is 12.2. The molecule has 0 heterocycles. The molecule has 0 rings (SSSR count). The van der Waals surface area contributed by atoms with Crippen LogP contribution in [0.3, 0.4) is 0 Å². The van der Waals surface area contributed by atoms with Crippen molar-refractivity contribution in [3.8, 4) is 0 Å². The molecule has 5 nitrogen and oxygen atoms in total. The number of carbonyl (C=O) groups excluding carboxylic acids is 2. The Hall–Kier alpha value is -0.830. The fourth-order valence-electron chi connectivity index (χ4n) is 0.563. The molecule has 0 aromatic heterocycles. The first-order chi connectivity index (χ1) is 6.10. The van der Waals surface area contributed by atoms with Crippen LogP contribution in [0.1, 0.15) is 20.3 Å². The molecule has 76 valence electrons. The Morgan fingerprint density at radius 1 is 1.54 bits per heavy atom. The summed E-state index contributed by atoms with van der Waals surface area (Å²) in [6.45, 7) is 3.43. The third-order valence-electron chi connectivity index (χ3n) is 1.19. The van der Waals surface area contributed by atoms with Crippen molar-refractivity contribution in [2.24, 2.45) is 0 Å². The summed E-state index contributed by atoms with van der Waals surface area (Å²) in [4.78, 5) is 21.3. The largest absolute Gasteiger partial charge is 0.462 e. The zero-order chi connectivity index (χ0) is 10.3. The molecule has 0 aromatic carbocycles. The second kappa shape index (κ2) is 6.66. The minimum atomic E-state index is -0.565. The maximum absolute atomic E-state index is 10.7. The third kappa shape index (κ3) is 6.34. The Kier molecular flexibility index (Phi) is 6.24. The zero-order valence-corrected chi connectivity index (χ0v) is 8.86. The number of hydrogen-bond donors (Lipinski definition) is 1. The van der Waals surface area contributed by atoms with E-state index >= 15 is 0 Å². The Labute approximate surface area is 79.4 Å². The lowest BCUT2D eigenvalue weighted by molar-refractivity contribution is -0.145. The molecule has 0 aliphatic heterocycles. The second-order valence-corrected chi connectivity index (χ2v) is 2.69. The molecule has 0 saturated heterocycles. The summed E-state index contributed by atoms with van der Waals surface area (Å²) in [5.74, 6) is -0.304. The lowest BCUT2D eigenvalue weighted by atomic mass is 10.4. The number of carbonyl (C=O) groups is 2. The monoisotopic (exact) mass is 207 g/mol. The van der Waals surface area contributed by atoms with Gasteiger partial charge in [-0.3, -0.25) is 4.79 Å². The maximum atomic E-state index is 10.7. The molecule has 0 radical (unpaired) electrons. The Bertz CT molecular complexity index is 185. The summed E-state index contributed by atoms with van der Waals surface area (Å²) in [5, 5.41) is 2.21. The smallest absolute Gasteiger partial charge is 0.410 e. The molecule has 0 bridgehead atoms. The highest BCUT2D eigenvalue weighted by molar-refractivity contribution is 7.15. The van der Waals surface area contributed by atoms with Crippen molar-refractivity contribution in [2.45, 2.75) is 26.4 Å². The van der Waals surface area contributed by atoms with Crippen LogP contribution in [0.2, 0.25) is 0 Å². The molecule has 0 fully saturated rings. The molecule has 0 aliphatic rings. The van der Waals surface area contributed by atoms with E-state index < -0.39 is 12.2 Å². The molecule has 6 heteroatoms. The van der Waals surface area contributed by atoms with Crippen molar-refractivity contribution in [3.05, 3.63) is 0 Å². The van der Waals surface area contributed by atoms with E-state index in [1.165, 1.54) is 0 Å². The van der Waals surface area contributed by atoms with Crippen LogP contribution in [-0.2, 0) is 14.3 Å². The zero-order valence-electron chi connectivity index (χ0n) is 7.70. The molecule has 13 heavy (non-hydrogen) atoms. The second-order valence-electron chi connectivity index (χ2n) is 2.40. The van der Waals surface area contributed by atoms with Gasteiger partial charge in [0.25, 0.3) is 0 Å². The average molecular weight is 207 g/mol. The SMILES string of the molecule is CCC(=O)OCC(C)OC(=O)NP. The molecular weight excluding hydrogens is 193 g/mol. The van der Waals surface area contributed by atoms with Gasteiger partial charge >= 0.3 is 12.1 Å². The molecule has 0 aliphatic carbocycles. The summed E-state index contributed by atoms with van der Waals surface area (Å²) in [5.41, 5.74) is 0. The first-order valence-corrected chi connectivity index (χ1v) is 4.50. The van der Waals surface area contributed by atoms with Crippen molar-refractivity contribution >= 4 is 21.5 Å². The van der Waals surface area contributed by atoms with E-state index in [4.69, 9.17) is 9.47 Å². The predicted molar refractivity (Wildman–Crippen MR) is 50.0 cm³/mol. The molecule has 1 N–H and O–H groups in total. The van der Waals surface area contributed by atoms with Gasteiger partial charge in [-0.2, -0.15) is 0 Å². The van der Waals surface area contributed by atoms with Gasteiger partial charge in [0.05, 0.1) is 0 Å². The Morgan fingerprint density at radius 2 is 2.15 bits per heavy atom. The van der Waals surface area contributed by atoms with Gasteiger partial charge < -0.3 is 14.6 Å². The van der Waals surface area contributed by atoms with Gasteiger partial charge in [0.1, 0.15) is 12.7 Å². The molecule has 1 amide bonds. The van der Waals surface area contributed by atoms with E-state index in [2.05, 4.69) is 5.09 Å². The maximum Gasteiger partial charge on any atom is 0.410 e. The van der Waals surface area contributed by atoms with Gasteiger partial charge in [0, 0.05) is 6.42 Å². The van der Waals surface area contributed by atoms with Crippen molar-refractivity contribution in [3.63, 3.8) is 0 Å². The van der Waals surface area contributed by atoms with Crippen LogP contribution in [0, 0.1) is 0 Å². The van der Waals surface area contributed by atoms with Crippen LogP contribution in [0.25, 0.3) is 0 Å². The van der Waals surface area contributed by atoms with Gasteiger partial charge in [0.15, 0.2) is 0 Å². The molecule has 0 saturated carbocycles. The van der Waals surface area contributed by atoms with Crippen LogP contribution in [0.15, 0.2) is 0 Å². The molecule has 2 unspecified atom stereocenters. The topological polar surface area (TPSA) is 64.6 Å². The van der Waals surface area contributed by atoms with Gasteiger partial charge in [-0.25, -0.2) is 4.79 Å². The van der Waals surface area contributed by atoms with E-state index in [0.29, 0.717) is 6.42 Å². The van der Waals surface area contributed by atoms with Crippen LogP contribution in [0.5, 0.6) is 0 Å². The van der Waals surface area contributed by atoms with E-state index in [-0.39, 0.29) is 12.6 Å². The highest BCUT2D eigenvalue weighted by Crippen LogP contribution is 1.95. The van der Waals surface area contributed by atoms with E-state index in [9.17, 15) is 9.59 Å². The van der Waals surface area contributed by atoms with Crippen LogP contribution < -0.4 is 5.09 Å². The highest BCUT2D eigenvalue weighted by Gasteiger charge is 2.09. The lowest BCUT2D eigenvalue weighted by Crippen LogP contribution is -2.25. The van der Waals surface area contributed by atoms with Crippen LogP contribution in [0.4, 0.5) is 4.79 Å². The number of ether oxygens (including phenoxy) is 2. The first-order valence-electron chi connectivity index (χ1n) is 3.93. The molecule has 0 spiro atoms. The van der Waals surface area contributed by atoms with Crippen LogP contribution in [-0.4, -0.2) is 24.8 Å². The normalized spacial score (nSPS) is 11.6. The van der Waals surface area contributed by atoms with Crippen molar-refractivity contribution < 1.29 is 19.1 Å². The van der Waals surface area contributed by atoms with E-state index in [0.717, 1.165) is 0 Å². The minimum Gasteiger partial charge on any atom is -0.462 e. The number of esters is 1. The summed E-state index contributed by atoms with van der Waals surface area (Å²) >= 11 is 0. The third-order valence-corrected chi connectivity index (χ3v) is 1.43. The molecule has 2 atom stereocenters. The standard InChI is InChI=1S/C7H14NO4P/c1-3-6(9)11-4-5(2)12-7(10)8-13/h5H,3-4,13H2,1-2H3,(H,8,10). The highest BCUT2D eigenvalue weighted by atomic mass is 31.0. The average Bonchev–Trinajstić information content (AvgIpc) is 2.13. The Balaban J connectivity index is 3.56. The minimum absolute atomic E-state index is 0.0881. The summed E-state index contributed by atoms with van der Waals surface area (Å²) < 4.78 is 9.49. The van der Waals surface area contributed by atoms with E-state index in [1.54, 1.807) is 13.8 Å². The van der Waals surface area contributed by atoms with Crippen molar-refractivity contribution in [1.29, 1.82) is 0 Å². The predicted octanol–water partition coefficient (Wildman–Crippen LogP) is 0.844. The summed E-state index contributed by atoms with van der Waals surface area (Å²) in [7, 11) is 2.02. The lowest BCUT2D eigenvalue weighted by Gasteiger charge is -2.12. The quantitative estimate of drug-likeness (QED) is 0.548. The van der Waals surface area contributed by atoms with Gasteiger partial charge in [-0.15, -0.1) is 0 Å². The number of amides is 1. The number of hydrogen-bond acceptors (Lipinski definition) is 4. The van der Waals surface area contributed by atoms with Gasteiger partial charge in [-0.05, 0) is 16.3 Å². The fourth-order valence-corrected chi connectivity index (χ4v) is 0.631.